The van der Waals surface area contributed by atoms with Crippen molar-refractivity contribution in [1.82, 2.24) is 0 Å². The van der Waals surface area contributed by atoms with E-state index in [1.807, 2.05) is 12.1 Å². The van der Waals surface area contributed by atoms with Crippen LogP contribution in [-0.4, -0.2) is 12.8 Å². The zero-order valence-electron chi connectivity index (χ0n) is 11.4. The number of halogens is 1. The van der Waals surface area contributed by atoms with E-state index in [1.54, 1.807) is 36.4 Å². The van der Waals surface area contributed by atoms with Gasteiger partial charge in [0.1, 0.15) is 19.8 Å². The Morgan fingerprint density at radius 3 is 2.62 bits per heavy atom. The maximum atomic E-state index is 13.5. The van der Waals surface area contributed by atoms with E-state index in [-0.39, 0.29) is 18.1 Å². The van der Waals surface area contributed by atoms with Gasteiger partial charge < -0.3 is 9.57 Å². The molecule has 0 N–H and O–H groups in total. The third kappa shape index (κ3) is 3.57. The van der Waals surface area contributed by atoms with Crippen LogP contribution < -0.4 is 4.74 Å². The minimum atomic E-state index is -0.430. The van der Waals surface area contributed by atoms with Crippen LogP contribution in [0.25, 0.3) is 0 Å². The molecule has 0 spiro atoms. The maximum absolute atomic E-state index is 13.5. The van der Waals surface area contributed by atoms with E-state index in [2.05, 4.69) is 9.99 Å². The van der Waals surface area contributed by atoms with Crippen molar-refractivity contribution < 1.29 is 14.0 Å². The third-order valence-corrected chi connectivity index (χ3v) is 2.78. The fourth-order valence-electron chi connectivity index (χ4n) is 1.82. The van der Waals surface area contributed by atoms with Crippen molar-refractivity contribution in [2.24, 2.45) is 5.16 Å². The third-order valence-electron chi connectivity index (χ3n) is 2.78. The lowest BCUT2D eigenvalue weighted by atomic mass is 10.0. The topological polar surface area (TPSA) is 54.6 Å². The van der Waals surface area contributed by atoms with Crippen LogP contribution in [0.4, 0.5) is 4.39 Å². The van der Waals surface area contributed by atoms with Gasteiger partial charge in [-0.05, 0) is 17.7 Å². The molecule has 0 bridgehead atoms. The molecule has 0 amide bonds. The molecular weight excluding hydrogens is 271 g/mol. The van der Waals surface area contributed by atoms with Crippen molar-refractivity contribution in [3.8, 4) is 11.8 Å². The normalized spacial score (nSPS) is 10.8. The van der Waals surface area contributed by atoms with Crippen molar-refractivity contribution in [3.05, 3.63) is 65.5 Å². The summed E-state index contributed by atoms with van der Waals surface area (Å²) in [4.78, 5) is 4.65. The number of para-hydroxylation sites is 1. The summed E-state index contributed by atoms with van der Waals surface area (Å²) in [7, 11) is 1.37. The van der Waals surface area contributed by atoms with Crippen molar-refractivity contribution in [1.29, 1.82) is 5.26 Å². The highest BCUT2D eigenvalue weighted by Gasteiger charge is 2.10. The minimum Gasteiger partial charge on any atom is -0.486 e. The van der Waals surface area contributed by atoms with E-state index in [0.717, 1.165) is 5.56 Å². The van der Waals surface area contributed by atoms with Crippen LogP contribution in [0.15, 0.2) is 53.7 Å². The minimum absolute atomic E-state index is 0.127. The Morgan fingerprint density at radius 1 is 1.19 bits per heavy atom. The van der Waals surface area contributed by atoms with Crippen molar-refractivity contribution in [3.63, 3.8) is 0 Å². The second-order valence-electron chi connectivity index (χ2n) is 4.11. The Bertz CT molecular complexity index is 693. The predicted octanol–water partition coefficient (Wildman–Crippen LogP) is 3.28. The lowest BCUT2D eigenvalue weighted by Gasteiger charge is -2.10. The average Bonchev–Trinajstić information content (AvgIpc) is 2.52. The SMILES string of the molecule is CON=C(C#N)c1ccccc1COc1ccccc1F. The quantitative estimate of drug-likeness (QED) is 0.625. The van der Waals surface area contributed by atoms with Crippen LogP contribution in [0.5, 0.6) is 5.75 Å². The Kier molecular flexibility index (Phi) is 4.89. The van der Waals surface area contributed by atoms with Gasteiger partial charge in [-0.3, -0.25) is 0 Å². The molecule has 0 aliphatic rings. The summed E-state index contributed by atoms with van der Waals surface area (Å²) in [5.41, 5.74) is 1.46. The van der Waals surface area contributed by atoms with Gasteiger partial charge in [-0.2, -0.15) is 5.26 Å². The van der Waals surface area contributed by atoms with Gasteiger partial charge in [0.05, 0.1) is 0 Å². The van der Waals surface area contributed by atoms with Gasteiger partial charge in [-0.15, -0.1) is 0 Å². The molecule has 0 aliphatic carbocycles. The first-order chi connectivity index (χ1) is 10.3. The molecule has 0 unspecified atom stereocenters. The van der Waals surface area contributed by atoms with E-state index in [0.29, 0.717) is 5.56 Å². The molecule has 106 valence electrons. The first-order valence-corrected chi connectivity index (χ1v) is 6.23. The smallest absolute Gasteiger partial charge is 0.187 e. The van der Waals surface area contributed by atoms with Crippen LogP contribution in [-0.2, 0) is 11.4 Å². The summed E-state index contributed by atoms with van der Waals surface area (Å²) in [5, 5.41) is 12.8. The Labute approximate surface area is 122 Å². The molecule has 0 atom stereocenters. The summed E-state index contributed by atoms with van der Waals surface area (Å²) in [6.07, 6.45) is 0. The molecule has 2 aromatic carbocycles. The zero-order chi connectivity index (χ0) is 15.1. The van der Waals surface area contributed by atoms with Gasteiger partial charge in [0, 0.05) is 5.56 Å². The Balaban J connectivity index is 2.24. The molecule has 0 aliphatic heterocycles. The van der Waals surface area contributed by atoms with Gasteiger partial charge in [-0.25, -0.2) is 4.39 Å². The molecule has 2 rings (SSSR count). The lowest BCUT2D eigenvalue weighted by Crippen LogP contribution is -2.06. The highest BCUT2D eigenvalue weighted by molar-refractivity contribution is 6.12. The Morgan fingerprint density at radius 2 is 1.90 bits per heavy atom. The van der Waals surface area contributed by atoms with E-state index in [9.17, 15) is 4.39 Å². The molecule has 0 saturated carbocycles. The van der Waals surface area contributed by atoms with Crippen LogP contribution in [0, 0.1) is 17.1 Å². The Hall–Kier alpha value is -2.87. The molecule has 4 nitrogen and oxygen atoms in total. The van der Waals surface area contributed by atoms with E-state index in [1.165, 1.54) is 13.2 Å². The van der Waals surface area contributed by atoms with Crippen LogP contribution >= 0.6 is 0 Å². The largest absolute Gasteiger partial charge is 0.486 e. The van der Waals surface area contributed by atoms with Gasteiger partial charge in [0.15, 0.2) is 17.3 Å². The van der Waals surface area contributed by atoms with Gasteiger partial charge in [-0.1, -0.05) is 41.6 Å². The number of hydrogen-bond acceptors (Lipinski definition) is 4. The van der Waals surface area contributed by atoms with Crippen LogP contribution in [0.3, 0.4) is 0 Å². The highest BCUT2D eigenvalue weighted by Crippen LogP contribution is 2.19. The number of nitriles is 1. The monoisotopic (exact) mass is 284 g/mol. The summed E-state index contributed by atoms with van der Waals surface area (Å²) in [5.74, 6) is -0.268. The molecular formula is C16H13FN2O2. The van der Waals surface area contributed by atoms with E-state index >= 15 is 0 Å². The van der Waals surface area contributed by atoms with E-state index in [4.69, 9.17) is 10.00 Å². The van der Waals surface area contributed by atoms with Crippen LogP contribution in [0.1, 0.15) is 11.1 Å². The second-order valence-corrected chi connectivity index (χ2v) is 4.11. The average molecular weight is 284 g/mol. The van der Waals surface area contributed by atoms with Gasteiger partial charge in [0.25, 0.3) is 0 Å². The first kappa shape index (κ1) is 14.5. The standard InChI is InChI=1S/C16H13FN2O2/c1-20-19-15(10-18)13-7-3-2-6-12(13)11-21-16-9-5-4-8-14(16)17/h2-9H,11H2,1H3. The molecule has 2 aromatic rings. The maximum Gasteiger partial charge on any atom is 0.187 e. The van der Waals surface area contributed by atoms with Gasteiger partial charge >= 0.3 is 0 Å². The van der Waals surface area contributed by atoms with Crippen molar-refractivity contribution in [2.45, 2.75) is 6.61 Å². The predicted molar refractivity (Wildman–Crippen MR) is 76.3 cm³/mol. The summed E-state index contributed by atoms with van der Waals surface area (Å²) < 4.78 is 19.0. The molecule has 0 radical (unpaired) electrons. The number of nitrogens with zero attached hydrogens (tertiary/aromatic N) is 2. The number of oxime groups is 1. The number of ether oxygens (including phenoxy) is 1. The first-order valence-electron chi connectivity index (χ1n) is 6.23. The number of hydrogen-bond donors (Lipinski definition) is 0. The number of rotatable bonds is 5. The van der Waals surface area contributed by atoms with Gasteiger partial charge in [0.2, 0.25) is 0 Å². The summed E-state index contributed by atoms with van der Waals surface area (Å²) in [6, 6.07) is 15.2. The molecule has 5 heteroatoms. The molecule has 0 aromatic heterocycles. The summed E-state index contributed by atoms with van der Waals surface area (Å²) in [6.45, 7) is 0.127. The number of benzene rings is 2. The lowest BCUT2D eigenvalue weighted by molar-refractivity contribution is 0.214. The van der Waals surface area contributed by atoms with Crippen molar-refractivity contribution >= 4 is 5.71 Å². The molecule has 0 saturated heterocycles. The highest BCUT2D eigenvalue weighted by atomic mass is 19.1. The van der Waals surface area contributed by atoms with Crippen LogP contribution in [0.2, 0.25) is 0 Å². The van der Waals surface area contributed by atoms with Crippen molar-refractivity contribution in [2.75, 3.05) is 7.11 Å². The van der Waals surface area contributed by atoms with E-state index < -0.39 is 5.82 Å². The molecule has 0 fully saturated rings. The second kappa shape index (κ2) is 7.06. The molecule has 21 heavy (non-hydrogen) atoms. The summed E-state index contributed by atoms with van der Waals surface area (Å²) >= 11 is 0. The molecule has 0 heterocycles. The fraction of sp³-hybridized carbons (Fsp3) is 0.125. The fourth-order valence-corrected chi connectivity index (χ4v) is 1.82. The zero-order valence-corrected chi connectivity index (χ0v) is 11.4.